The van der Waals surface area contributed by atoms with Gasteiger partial charge in [-0.25, -0.2) is 0 Å². The van der Waals surface area contributed by atoms with Crippen LogP contribution in [0.2, 0.25) is 0 Å². The number of carbonyl (C=O) groups is 3. The lowest BCUT2D eigenvalue weighted by Crippen LogP contribution is -2.54. The Hall–Kier alpha value is -3.19. The lowest BCUT2D eigenvalue weighted by atomic mass is 10.0. The largest absolute Gasteiger partial charge is 0.339 e. The first kappa shape index (κ1) is 17.9. The van der Waals surface area contributed by atoms with Gasteiger partial charge < -0.3 is 14.7 Å². The van der Waals surface area contributed by atoms with E-state index in [0.29, 0.717) is 29.9 Å². The van der Waals surface area contributed by atoms with Crippen LogP contribution in [-0.2, 0) is 4.79 Å². The number of para-hydroxylation sites is 1. The number of rotatable bonds is 2. The van der Waals surface area contributed by atoms with Crippen molar-refractivity contribution in [2.24, 2.45) is 0 Å². The van der Waals surface area contributed by atoms with Crippen LogP contribution in [0.15, 0.2) is 48.5 Å². The smallest absolute Gasteiger partial charge is 0.260 e. The quantitative estimate of drug-likeness (QED) is 0.781. The molecule has 2 aromatic carbocycles. The molecular weight excluding hydrogens is 368 g/mol. The second kappa shape index (κ2) is 6.70. The first-order valence-corrected chi connectivity index (χ1v) is 9.85. The average Bonchev–Trinajstić information content (AvgIpc) is 3.04. The number of likely N-dealkylation sites (N-methyl/N-ethyl adjacent to an activating group) is 1. The van der Waals surface area contributed by atoms with Crippen LogP contribution in [0.3, 0.4) is 0 Å². The van der Waals surface area contributed by atoms with Crippen molar-refractivity contribution in [2.45, 2.75) is 6.17 Å². The number of amides is 3. The Morgan fingerprint density at radius 3 is 2.31 bits per heavy atom. The Kier molecular flexibility index (Phi) is 4.13. The number of fused-ring (bicyclic) bond motifs is 5. The second-order valence-corrected chi connectivity index (χ2v) is 7.77. The van der Waals surface area contributed by atoms with Crippen LogP contribution in [-0.4, -0.2) is 72.2 Å². The Morgan fingerprint density at radius 2 is 1.55 bits per heavy atom. The molecule has 5 rings (SSSR count). The van der Waals surface area contributed by atoms with E-state index >= 15 is 0 Å². The van der Waals surface area contributed by atoms with E-state index in [1.165, 1.54) is 0 Å². The monoisotopic (exact) mass is 390 g/mol. The molecule has 0 bridgehead atoms. The number of anilines is 1. The summed E-state index contributed by atoms with van der Waals surface area (Å²) < 4.78 is 0. The summed E-state index contributed by atoms with van der Waals surface area (Å²) in [6, 6.07) is 14.5. The van der Waals surface area contributed by atoms with Crippen molar-refractivity contribution < 1.29 is 14.4 Å². The van der Waals surface area contributed by atoms with Crippen LogP contribution in [0.4, 0.5) is 5.69 Å². The minimum Gasteiger partial charge on any atom is -0.339 e. The standard InChI is InChI=1S/C22H22N4O3/c1-23-10-12-24(13-11-23)19(27)14-25-20-15-6-2-3-7-16(15)22(29)26(20)18-9-5-4-8-17(18)21(25)28/h2-9,20H,10-14H2,1H3/t20-/m0/s1. The summed E-state index contributed by atoms with van der Waals surface area (Å²) in [5.74, 6) is -0.431. The van der Waals surface area contributed by atoms with Crippen LogP contribution in [0.5, 0.6) is 0 Å². The van der Waals surface area contributed by atoms with Crippen molar-refractivity contribution in [1.29, 1.82) is 0 Å². The zero-order valence-electron chi connectivity index (χ0n) is 16.2. The SMILES string of the molecule is CN1CCN(C(=O)CN2C(=O)c3ccccc3N3C(=O)c4ccccc4[C@@H]23)CC1. The van der Waals surface area contributed by atoms with Crippen LogP contribution < -0.4 is 4.90 Å². The number of piperazine rings is 1. The summed E-state index contributed by atoms with van der Waals surface area (Å²) in [5.41, 5.74) is 2.41. The topological polar surface area (TPSA) is 64.2 Å². The van der Waals surface area contributed by atoms with Gasteiger partial charge in [-0.3, -0.25) is 19.3 Å². The van der Waals surface area contributed by atoms with Gasteiger partial charge in [0, 0.05) is 37.3 Å². The molecule has 0 N–H and O–H groups in total. The molecule has 3 amide bonds. The number of benzene rings is 2. The Balaban J connectivity index is 1.54. The fourth-order valence-electron chi connectivity index (χ4n) is 4.44. The molecule has 29 heavy (non-hydrogen) atoms. The zero-order chi connectivity index (χ0) is 20.1. The maximum atomic E-state index is 13.4. The first-order chi connectivity index (χ1) is 14.1. The van der Waals surface area contributed by atoms with Crippen molar-refractivity contribution in [2.75, 3.05) is 44.7 Å². The van der Waals surface area contributed by atoms with Gasteiger partial charge >= 0.3 is 0 Å². The predicted molar refractivity (Wildman–Crippen MR) is 108 cm³/mol. The molecule has 7 heteroatoms. The fraction of sp³-hybridized carbons (Fsp3) is 0.318. The molecule has 0 aromatic heterocycles. The molecule has 1 fully saturated rings. The van der Waals surface area contributed by atoms with E-state index < -0.39 is 6.17 Å². The summed E-state index contributed by atoms with van der Waals surface area (Å²) in [7, 11) is 2.03. The predicted octanol–water partition coefficient (Wildman–Crippen LogP) is 1.58. The van der Waals surface area contributed by atoms with Gasteiger partial charge in [-0.15, -0.1) is 0 Å². The fourth-order valence-corrected chi connectivity index (χ4v) is 4.44. The van der Waals surface area contributed by atoms with Crippen molar-refractivity contribution >= 4 is 23.4 Å². The van der Waals surface area contributed by atoms with Crippen molar-refractivity contribution in [3.63, 3.8) is 0 Å². The van der Waals surface area contributed by atoms with Crippen molar-refractivity contribution in [1.82, 2.24) is 14.7 Å². The number of hydrogen-bond acceptors (Lipinski definition) is 4. The van der Waals surface area contributed by atoms with Gasteiger partial charge in [0.1, 0.15) is 12.7 Å². The average molecular weight is 390 g/mol. The van der Waals surface area contributed by atoms with E-state index in [1.54, 1.807) is 39.0 Å². The van der Waals surface area contributed by atoms with E-state index in [2.05, 4.69) is 4.90 Å². The summed E-state index contributed by atoms with van der Waals surface area (Å²) in [5, 5.41) is 0. The van der Waals surface area contributed by atoms with Crippen LogP contribution in [0.25, 0.3) is 0 Å². The Morgan fingerprint density at radius 1 is 0.897 bits per heavy atom. The number of carbonyl (C=O) groups excluding carboxylic acids is 3. The molecule has 0 radical (unpaired) electrons. The van der Waals surface area contributed by atoms with Gasteiger partial charge in [0.05, 0.1) is 11.3 Å². The van der Waals surface area contributed by atoms with E-state index in [9.17, 15) is 14.4 Å². The van der Waals surface area contributed by atoms with Gasteiger partial charge in [-0.2, -0.15) is 0 Å². The molecule has 3 aliphatic heterocycles. The van der Waals surface area contributed by atoms with Crippen molar-refractivity contribution in [3.05, 3.63) is 65.2 Å². The molecule has 0 spiro atoms. The summed E-state index contributed by atoms with van der Waals surface area (Å²) in [6.07, 6.45) is -0.586. The van der Waals surface area contributed by atoms with Gasteiger partial charge in [-0.1, -0.05) is 30.3 Å². The normalized spacial score (nSPS) is 21.1. The highest BCUT2D eigenvalue weighted by Crippen LogP contribution is 2.44. The number of hydrogen-bond donors (Lipinski definition) is 0. The Labute approximate surface area is 169 Å². The third-order valence-corrected chi connectivity index (χ3v) is 6.04. The molecule has 3 heterocycles. The first-order valence-electron chi connectivity index (χ1n) is 9.85. The molecule has 1 atom stereocenters. The third-order valence-electron chi connectivity index (χ3n) is 6.04. The minimum atomic E-state index is -0.586. The highest BCUT2D eigenvalue weighted by atomic mass is 16.2. The maximum absolute atomic E-state index is 13.4. The molecule has 0 unspecified atom stereocenters. The summed E-state index contributed by atoms with van der Waals surface area (Å²) in [4.78, 5) is 46.7. The second-order valence-electron chi connectivity index (χ2n) is 7.77. The molecule has 1 saturated heterocycles. The molecule has 148 valence electrons. The maximum Gasteiger partial charge on any atom is 0.260 e. The molecule has 2 aromatic rings. The lowest BCUT2D eigenvalue weighted by Gasteiger charge is -2.41. The number of nitrogens with zero attached hydrogens (tertiary/aromatic N) is 4. The highest BCUT2D eigenvalue weighted by molar-refractivity contribution is 6.17. The van der Waals surface area contributed by atoms with E-state index in [4.69, 9.17) is 0 Å². The van der Waals surface area contributed by atoms with Crippen LogP contribution in [0.1, 0.15) is 32.4 Å². The van der Waals surface area contributed by atoms with Gasteiger partial charge in [0.2, 0.25) is 5.91 Å². The van der Waals surface area contributed by atoms with Gasteiger partial charge in [0.15, 0.2) is 0 Å². The van der Waals surface area contributed by atoms with Gasteiger partial charge in [0.25, 0.3) is 11.8 Å². The van der Waals surface area contributed by atoms with Crippen LogP contribution in [0, 0.1) is 0 Å². The van der Waals surface area contributed by atoms with E-state index in [1.807, 2.05) is 31.3 Å². The third kappa shape index (κ3) is 2.73. The minimum absolute atomic E-state index is 0.0420. The molecule has 3 aliphatic rings. The molecule has 0 aliphatic carbocycles. The molecular formula is C22H22N4O3. The van der Waals surface area contributed by atoms with E-state index in [-0.39, 0.29) is 24.3 Å². The van der Waals surface area contributed by atoms with Crippen molar-refractivity contribution in [3.8, 4) is 0 Å². The lowest BCUT2D eigenvalue weighted by molar-refractivity contribution is -0.134. The van der Waals surface area contributed by atoms with E-state index in [0.717, 1.165) is 18.7 Å². The highest BCUT2D eigenvalue weighted by Gasteiger charge is 2.48. The van der Waals surface area contributed by atoms with Crippen LogP contribution >= 0.6 is 0 Å². The zero-order valence-corrected chi connectivity index (χ0v) is 16.2. The summed E-state index contributed by atoms with van der Waals surface area (Å²) in [6.45, 7) is 2.90. The van der Waals surface area contributed by atoms with Gasteiger partial charge in [-0.05, 0) is 25.2 Å². The molecule has 7 nitrogen and oxygen atoms in total. The Bertz CT molecular complexity index is 1010. The summed E-state index contributed by atoms with van der Waals surface area (Å²) >= 11 is 0. The molecule has 0 saturated carbocycles.